The van der Waals surface area contributed by atoms with Gasteiger partial charge >= 0.3 is 0 Å². The van der Waals surface area contributed by atoms with Crippen LogP contribution in [0.4, 0.5) is 4.39 Å². The van der Waals surface area contributed by atoms with Gasteiger partial charge in [0.15, 0.2) is 12.4 Å². The van der Waals surface area contributed by atoms with Crippen LogP contribution in [0.2, 0.25) is 10.0 Å². The maximum Gasteiger partial charge on any atom is 0.260 e. The third-order valence-electron chi connectivity index (χ3n) is 4.28. The number of sulfonamides is 1. The number of carbonyl (C=O) groups excluding carboxylic acids is 1. The van der Waals surface area contributed by atoms with Crippen molar-refractivity contribution in [2.24, 2.45) is 0 Å². The number of carbonyl (C=O) groups is 1. The number of hydrogen-bond acceptors (Lipinski definition) is 4. The third-order valence-corrected chi connectivity index (χ3v) is 6.77. The Balaban J connectivity index is 1.58. The monoisotopic (exact) mass is 446 g/mol. The van der Waals surface area contributed by atoms with Gasteiger partial charge in [-0.05, 0) is 30.3 Å². The summed E-state index contributed by atoms with van der Waals surface area (Å²) in [6.07, 6.45) is 0. The predicted molar refractivity (Wildman–Crippen MR) is 104 cm³/mol. The van der Waals surface area contributed by atoms with E-state index in [2.05, 4.69) is 0 Å². The molecular weight excluding hydrogens is 430 g/mol. The van der Waals surface area contributed by atoms with Crippen molar-refractivity contribution in [3.63, 3.8) is 0 Å². The molecule has 1 aliphatic heterocycles. The SMILES string of the molecule is O=C(COc1c(Cl)cccc1Cl)N1CCN(S(=O)(=O)c2cccc(F)c2)CC1. The molecule has 2 aromatic rings. The minimum atomic E-state index is -3.81. The van der Waals surface area contributed by atoms with E-state index in [0.717, 1.165) is 6.07 Å². The molecule has 10 heteroatoms. The molecule has 0 atom stereocenters. The van der Waals surface area contributed by atoms with Crippen LogP contribution in [-0.4, -0.2) is 56.3 Å². The van der Waals surface area contributed by atoms with Crippen molar-refractivity contribution >= 4 is 39.1 Å². The molecule has 0 saturated carbocycles. The number of piperazine rings is 1. The van der Waals surface area contributed by atoms with Gasteiger partial charge in [-0.25, -0.2) is 12.8 Å². The molecule has 1 aliphatic rings. The van der Waals surface area contributed by atoms with Crippen LogP contribution in [0.5, 0.6) is 5.75 Å². The highest BCUT2D eigenvalue weighted by Gasteiger charge is 2.30. The van der Waals surface area contributed by atoms with Gasteiger partial charge in [-0.3, -0.25) is 4.79 Å². The summed E-state index contributed by atoms with van der Waals surface area (Å²) in [6, 6.07) is 9.72. The van der Waals surface area contributed by atoms with Crippen molar-refractivity contribution in [1.29, 1.82) is 0 Å². The molecule has 2 aromatic carbocycles. The first-order valence-electron chi connectivity index (χ1n) is 8.39. The minimum Gasteiger partial charge on any atom is -0.481 e. The summed E-state index contributed by atoms with van der Waals surface area (Å²) in [6.45, 7) is 0.356. The average molecular weight is 447 g/mol. The predicted octanol–water partition coefficient (Wildman–Crippen LogP) is 3.04. The number of ether oxygens (including phenoxy) is 1. The van der Waals surface area contributed by atoms with Crippen LogP contribution in [0.25, 0.3) is 0 Å². The first-order chi connectivity index (χ1) is 13.3. The zero-order valence-electron chi connectivity index (χ0n) is 14.6. The Labute approximate surface area is 172 Å². The Morgan fingerprint density at radius 3 is 2.25 bits per heavy atom. The fourth-order valence-electron chi connectivity index (χ4n) is 2.80. The number of para-hydroxylation sites is 1. The maximum absolute atomic E-state index is 13.3. The van der Waals surface area contributed by atoms with Crippen molar-refractivity contribution in [2.45, 2.75) is 4.90 Å². The molecule has 150 valence electrons. The molecule has 3 rings (SSSR count). The lowest BCUT2D eigenvalue weighted by molar-refractivity contribution is -0.134. The summed E-state index contributed by atoms with van der Waals surface area (Å²) in [7, 11) is -3.81. The molecule has 0 aliphatic carbocycles. The van der Waals surface area contributed by atoms with E-state index in [-0.39, 0.29) is 49.3 Å². The van der Waals surface area contributed by atoms with Crippen LogP contribution in [0.15, 0.2) is 47.4 Å². The molecule has 0 radical (unpaired) electrons. The smallest absolute Gasteiger partial charge is 0.260 e. The lowest BCUT2D eigenvalue weighted by Crippen LogP contribution is -2.51. The Hall–Kier alpha value is -1.87. The molecule has 1 heterocycles. The van der Waals surface area contributed by atoms with Crippen LogP contribution < -0.4 is 4.74 Å². The second-order valence-corrected chi connectivity index (χ2v) is 8.83. The Bertz CT molecular complexity index is 959. The summed E-state index contributed by atoms with van der Waals surface area (Å²) in [5, 5.41) is 0.595. The van der Waals surface area contributed by atoms with Crippen LogP contribution in [0.3, 0.4) is 0 Å². The first kappa shape index (κ1) is 20.9. The lowest BCUT2D eigenvalue weighted by Gasteiger charge is -2.34. The number of hydrogen-bond donors (Lipinski definition) is 0. The third kappa shape index (κ3) is 4.57. The van der Waals surface area contributed by atoms with E-state index in [0.29, 0.717) is 10.0 Å². The average Bonchev–Trinajstić information content (AvgIpc) is 2.67. The number of halogens is 3. The highest BCUT2D eigenvalue weighted by Crippen LogP contribution is 2.32. The standard InChI is InChI=1S/C18H17Cl2FN2O4S/c19-15-5-2-6-16(20)18(15)27-12-17(24)22-7-9-23(10-8-22)28(25,26)14-4-1-3-13(21)11-14/h1-6,11H,7-10,12H2. The van der Waals surface area contributed by atoms with Crippen molar-refractivity contribution < 1.29 is 22.3 Å². The van der Waals surface area contributed by atoms with Gasteiger partial charge in [0, 0.05) is 26.2 Å². The maximum atomic E-state index is 13.3. The van der Waals surface area contributed by atoms with E-state index in [4.69, 9.17) is 27.9 Å². The van der Waals surface area contributed by atoms with Gasteiger partial charge < -0.3 is 9.64 Å². The van der Waals surface area contributed by atoms with Crippen LogP contribution >= 0.6 is 23.2 Å². The van der Waals surface area contributed by atoms with E-state index in [9.17, 15) is 17.6 Å². The van der Waals surface area contributed by atoms with Gasteiger partial charge in [0.1, 0.15) is 5.82 Å². The minimum absolute atomic E-state index is 0.107. The summed E-state index contributed by atoms with van der Waals surface area (Å²) in [4.78, 5) is 13.8. The summed E-state index contributed by atoms with van der Waals surface area (Å²) in [5.41, 5.74) is 0. The van der Waals surface area contributed by atoms with Gasteiger partial charge in [-0.2, -0.15) is 4.31 Å². The second kappa shape index (κ2) is 8.65. The second-order valence-electron chi connectivity index (χ2n) is 6.08. The van der Waals surface area contributed by atoms with E-state index in [1.165, 1.54) is 27.4 Å². The summed E-state index contributed by atoms with van der Waals surface area (Å²) >= 11 is 12.0. The summed E-state index contributed by atoms with van der Waals surface area (Å²) in [5.74, 6) is -0.699. The van der Waals surface area contributed by atoms with E-state index < -0.39 is 15.8 Å². The number of amides is 1. The molecule has 6 nitrogen and oxygen atoms in total. The molecular formula is C18H17Cl2FN2O4S. The van der Waals surface area contributed by atoms with Gasteiger partial charge in [0.25, 0.3) is 5.91 Å². The van der Waals surface area contributed by atoms with Crippen molar-refractivity contribution in [1.82, 2.24) is 9.21 Å². The van der Waals surface area contributed by atoms with Gasteiger partial charge in [-0.1, -0.05) is 35.3 Å². The highest BCUT2D eigenvalue weighted by molar-refractivity contribution is 7.89. The largest absolute Gasteiger partial charge is 0.481 e. The fourth-order valence-corrected chi connectivity index (χ4v) is 4.76. The molecule has 0 bridgehead atoms. The van der Waals surface area contributed by atoms with E-state index in [1.807, 2.05) is 0 Å². The zero-order valence-corrected chi connectivity index (χ0v) is 17.0. The van der Waals surface area contributed by atoms with Crippen LogP contribution in [0, 0.1) is 5.82 Å². The van der Waals surface area contributed by atoms with Crippen molar-refractivity contribution in [3.8, 4) is 5.75 Å². The Kier molecular flexibility index (Phi) is 6.44. The number of rotatable bonds is 5. The zero-order chi connectivity index (χ0) is 20.3. The van der Waals surface area contributed by atoms with E-state index >= 15 is 0 Å². The fraction of sp³-hybridized carbons (Fsp3) is 0.278. The molecule has 1 amide bonds. The molecule has 0 aromatic heterocycles. The first-order valence-corrected chi connectivity index (χ1v) is 10.6. The summed E-state index contributed by atoms with van der Waals surface area (Å²) < 4.78 is 45.2. The molecule has 0 unspecified atom stereocenters. The van der Waals surface area contributed by atoms with Gasteiger partial charge in [0.2, 0.25) is 10.0 Å². The van der Waals surface area contributed by atoms with Gasteiger partial charge in [0.05, 0.1) is 14.9 Å². The molecule has 1 fully saturated rings. The normalized spacial score (nSPS) is 15.5. The van der Waals surface area contributed by atoms with Gasteiger partial charge in [-0.15, -0.1) is 0 Å². The van der Waals surface area contributed by atoms with Crippen LogP contribution in [0.1, 0.15) is 0 Å². The topological polar surface area (TPSA) is 66.9 Å². The quantitative estimate of drug-likeness (QED) is 0.707. The molecule has 0 spiro atoms. The number of nitrogens with zero attached hydrogens (tertiary/aromatic N) is 2. The highest BCUT2D eigenvalue weighted by atomic mass is 35.5. The Morgan fingerprint density at radius 1 is 1.04 bits per heavy atom. The van der Waals surface area contributed by atoms with Crippen molar-refractivity contribution in [2.75, 3.05) is 32.8 Å². The lowest BCUT2D eigenvalue weighted by atomic mass is 10.3. The van der Waals surface area contributed by atoms with Crippen LogP contribution in [-0.2, 0) is 14.8 Å². The number of benzene rings is 2. The molecule has 28 heavy (non-hydrogen) atoms. The van der Waals surface area contributed by atoms with E-state index in [1.54, 1.807) is 18.2 Å². The Morgan fingerprint density at radius 2 is 1.64 bits per heavy atom. The van der Waals surface area contributed by atoms with Crippen molar-refractivity contribution in [3.05, 3.63) is 58.3 Å². The molecule has 0 N–H and O–H groups in total. The molecule has 1 saturated heterocycles.